The van der Waals surface area contributed by atoms with Crippen LogP contribution < -0.4 is 5.32 Å². The second-order valence-electron chi connectivity index (χ2n) is 7.83. The number of hydrogen-bond acceptors (Lipinski definition) is 2. The SMILES string of the molecule is Cc1ccc2c(c1)[C@H](c1ccc(F)cc1)N(C(=O)c1ccc(C)c(C)c1)CC(=O)N2. The first kappa shape index (κ1) is 19.8. The summed E-state index contributed by atoms with van der Waals surface area (Å²) in [5.74, 6) is -0.850. The summed E-state index contributed by atoms with van der Waals surface area (Å²) in [5, 5.41) is 2.91. The Bertz CT molecular complexity index is 1140. The number of amides is 2. The van der Waals surface area contributed by atoms with Crippen molar-refractivity contribution in [3.05, 3.63) is 99.9 Å². The highest BCUT2D eigenvalue weighted by Crippen LogP contribution is 2.37. The largest absolute Gasteiger partial charge is 0.324 e. The Balaban J connectivity index is 1.89. The van der Waals surface area contributed by atoms with E-state index in [0.29, 0.717) is 11.3 Å². The second-order valence-corrected chi connectivity index (χ2v) is 7.83. The van der Waals surface area contributed by atoms with Crippen LogP contribution in [0.15, 0.2) is 60.7 Å². The molecule has 0 bridgehead atoms. The molecule has 0 fully saturated rings. The van der Waals surface area contributed by atoms with Gasteiger partial charge in [0.25, 0.3) is 5.91 Å². The molecular weight excluding hydrogens is 379 g/mol. The molecule has 1 aliphatic heterocycles. The minimum atomic E-state index is -0.520. The van der Waals surface area contributed by atoms with Crippen molar-refractivity contribution in [3.63, 3.8) is 0 Å². The van der Waals surface area contributed by atoms with Crippen LogP contribution in [0.5, 0.6) is 0 Å². The number of aryl methyl sites for hydroxylation is 3. The third kappa shape index (κ3) is 3.71. The Labute approximate surface area is 175 Å². The Morgan fingerprint density at radius 1 is 0.967 bits per heavy atom. The molecule has 1 aliphatic rings. The van der Waals surface area contributed by atoms with Gasteiger partial charge in [0.05, 0.1) is 6.04 Å². The van der Waals surface area contributed by atoms with Crippen LogP contribution in [0.3, 0.4) is 0 Å². The van der Waals surface area contributed by atoms with Gasteiger partial charge in [-0.05, 0) is 67.8 Å². The standard InChI is InChI=1S/C25H23FN2O2/c1-15-4-11-22-21(12-15)24(18-7-9-20(26)10-8-18)28(14-23(29)27-22)25(30)19-6-5-16(2)17(3)13-19/h4-13,24H,14H2,1-3H3,(H,27,29)/t24-/m0/s1. The fraction of sp³-hybridized carbons (Fsp3) is 0.200. The van der Waals surface area contributed by atoms with Crippen molar-refractivity contribution in [2.45, 2.75) is 26.8 Å². The van der Waals surface area contributed by atoms with E-state index in [2.05, 4.69) is 5.32 Å². The van der Waals surface area contributed by atoms with Gasteiger partial charge in [-0.3, -0.25) is 9.59 Å². The van der Waals surface area contributed by atoms with Crippen molar-refractivity contribution in [1.82, 2.24) is 4.90 Å². The van der Waals surface area contributed by atoms with Crippen LogP contribution in [0.25, 0.3) is 0 Å². The van der Waals surface area contributed by atoms with Crippen LogP contribution in [-0.4, -0.2) is 23.3 Å². The highest BCUT2D eigenvalue weighted by atomic mass is 19.1. The van der Waals surface area contributed by atoms with Gasteiger partial charge in [-0.15, -0.1) is 0 Å². The minimum absolute atomic E-state index is 0.0957. The van der Waals surface area contributed by atoms with Crippen LogP contribution in [0.4, 0.5) is 10.1 Å². The van der Waals surface area contributed by atoms with E-state index in [0.717, 1.165) is 27.8 Å². The van der Waals surface area contributed by atoms with E-state index in [1.807, 2.05) is 51.1 Å². The normalized spacial score (nSPS) is 15.9. The minimum Gasteiger partial charge on any atom is -0.324 e. The molecule has 0 radical (unpaired) electrons. The smallest absolute Gasteiger partial charge is 0.255 e. The fourth-order valence-electron chi connectivity index (χ4n) is 3.86. The van der Waals surface area contributed by atoms with E-state index in [1.54, 1.807) is 23.1 Å². The van der Waals surface area contributed by atoms with Crippen LogP contribution in [0, 0.1) is 26.6 Å². The number of halogens is 1. The summed E-state index contributed by atoms with van der Waals surface area (Å²) < 4.78 is 13.6. The Kier molecular flexibility index (Phi) is 5.12. The monoisotopic (exact) mass is 402 g/mol. The molecule has 0 aliphatic carbocycles. The molecule has 30 heavy (non-hydrogen) atoms. The van der Waals surface area contributed by atoms with Crippen LogP contribution >= 0.6 is 0 Å². The highest BCUT2D eigenvalue weighted by molar-refractivity contribution is 6.01. The molecule has 0 spiro atoms. The predicted molar refractivity (Wildman–Crippen MR) is 115 cm³/mol. The van der Waals surface area contributed by atoms with E-state index in [9.17, 15) is 14.0 Å². The first-order chi connectivity index (χ1) is 14.3. The number of carbonyl (C=O) groups is 2. The molecule has 1 atom stereocenters. The fourth-order valence-corrected chi connectivity index (χ4v) is 3.86. The molecule has 3 aromatic rings. The molecule has 4 rings (SSSR count). The van der Waals surface area contributed by atoms with Gasteiger partial charge in [0, 0.05) is 16.8 Å². The van der Waals surface area contributed by atoms with E-state index in [1.165, 1.54) is 12.1 Å². The predicted octanol–water partition coefficient (Wildman–Crippen LogP) is 4.93. The molecule has 152 valence electrons. The molecular formula is C25H23FN2O2. The van der Waals surface area contributed by atoms with Crippen molar-refractivity contribution >= 4 is 17.5 Å². The Hall–Kier alpha value is -3.47. The first-order valence-corrected chi connectivity index (χ1v) is 9.87. The maximum atomic E-state index is 13.6. The summed E-state index contributed by atoms with van der Waals surface area (Å²) in [6, 6.07) is 16.9. The molecule has 0 unspecified atom stereocenters. The lowest BCUT2D eigenvalue weighted by Crippen LogP contribution is -2.39. The summed E-state index contributed by atoms with van der Waals surface area (Å²) in [5.41, 5.74) is 5.85. The van der Waals surface area contributed by atoms with E-state index in [-0.39, 0.29) is 24.2 Å². The molecule has 0 saturated heterocycles. The van der Waals surface area contributed by atoms with Gasteiger partial charge in [-0.1, -0.05) is 35.9 Å². The topological polar surface area (TPSA) is 49.4 Å². The number of nitrogens with one attached hydrogen (secondary N) is 1. The molecule has 5 heteroatoms. The average Bonchev–Trinajstić information content (AvgIpc) is 2.86. The lowest BCUT2D eigenvalue weighted by atomic mass is 9.93. The number of fused-ring (bicyclic) bond motifs is 1. The molecule has 0 saturated carbocycles. The molecule has 2 amide bonds. The summed E-state index contributed by atoms with van der Waals surface area (Å²) >= 11 is 0. The zero-order valence-electron chi connectivity index (χ0n) is 17.2. The lowest BCUT2D eigenvalue weighted by Gasteiger charge is -2.31. The van der Waals surface area contributed by atoms with E-state index < -0.39 is 6.04 Å². The number of anilines is 1. The third-order valence-electron chi connectivity index (χ3n) is 5.60. The zero-order chi connectivity index (χ0) is 21.4. The average molecular weight is 402 g/mol. The van der Waals surface area contributed by atoms with Crippen molar-refractivity contribution in [1.29, 1.82) is 0 Å². The number of carbonyl (C=O) groups excluding carboxylic acids is 2. The van der Waals surface area contributed by atoms with E-state index >= 15 is 0 Å². The molecule has 1 N–H and O–H groups in total. The first-order valence-electron chi connectivity index (χ1n) is 9.87. The van der Waals surface area contributed by atoms with Crippen LogP contribution in [0.1, 0.15) is 44.2 Å². The van der Waals surface area contributed by atoms with Crippen molar-refractivity contribution < 1.29 is 14.0 Å². The maximum Gasteiger partial charge on any atom is 0.255 e. The molecule has 1 heterocycles. The van der Waals surface area contributed by atoms with Gasteiger partial charge in [0.2, 0.25) is 5.91 Å². The third-order valence-corrected chi connectivity index (χ3v) is 5.60. The van der Waals surface area contributed by atoms with Crippen molar-refractivity contribution in [2.75, 3.05) is 11.9 Å². The summed E-state index contributed by atoms with van der Waals surface area (Å²) in [4.78, 5) is 27.8. The number of rotatable bonds is 2. The van der Waals surface area contributed by atoms with Crippen molar-refractivity contribution in [2.24, 2.45) is 0 Å². The number of hydrogen-bond donors (Lipinski definition) is 1. The summed E-state index contributed by atoms with van der Waals surface area (Å²) in [6.07, 6.45) is 0. The van der Waals surface area contributed by atoms with Gasteiger partial charge in [-0.25, -0.2) is 4.39 Å². The number of benzene rings is 3. The lowest BCUT2D eigenvalue weighted by molar-refractivity contribution is -0.117. The summed E-state index contributed by atoms with van der Waals surface area (Å²) in [7, 11) is 0. The van der Waals surface area contributed by atoms with Gasteiger partial charge in [0.1, 0.15) is 12.4 Å². The quantitative estimate of drug-likeness (QED) is 0.660. The van der Waals surface area contributed by atoms with Gasteiger partial charge >= 0.3 is 0 Å². The maximum absolute atomic E-state index is 13.6. The Morgan fingerprint density at radius 2 is 1.70 bits per heavy atom. The zero-order valence-corrected chi connectivity index (χ0v) is 17.2. The van der Waals surface area contributed by atoms with E-state index in [4.69, 9.17) is 0 Å². The van der Waals surface area contributed by atoms with Crippen LogP contribution in [0.2, 0.25) is 0 Å². The highest BCUT2D eigenvalue weighted by Gasteiger charge is 2.34. The molecule has 0 aromatic heterocycles. The Morgan fingerprint density at radius 3 is 2.40 bits per heavy atom. The van der Waals surface area contributed by atoms with Gasteiger partial charge < -0.3 is 10.2 Å². The molecule has 3 aromatic carbocycles. The van der Waals surface area contributed by atoms with Crippen molar-refractivity contribution in [3.8, 4) is 0 Å². The number of nitrogens with zero attached hydrogens (tertiary/aromatic N) is 1. The summed E-state index contributed by atoms with van der Waals surface area (Å²) in [6.45, 7) is 5.81. The second kappa shape index (κ2) is 7.75. The van der Waals surface area contributed by atoms with Gasteiger partial charge in [-0.2, -0.15) is 0 Å². The van der Waals surface area contributed by atoms with Crippen LogP contribution in [-0.2, 0) is 4.79 Å². The van der Waals surface area contributed by atoms with Gasteiger partial charge in [0.15, 0.2) is 0 Å². The molecule has 4 nitrogen and oxygen atoms in total.